The lowest BCUT2D eigenvalue weighted by atomic mass is 9.91. The highest BCUT2D eigenvalue weighted by Crippen LogP contribution is 2.19. The number of rotatable bonds is 5. The Morgan fingerprint density at radius 3 is 2.43 bits per heavy atom. The van der Waals surface area contributed by atoms with E-state index in [0.717, 1.165) is 25.7 Å². The lowest BCUT2D eigenvalue weighted by molar-refractivity contribution is -0.121. The first-order valence-corrected chi connectivity index (χ1v) is 7.39. The Balaban J connectivity index is 1.74. The molecular weight excluding hydrogens is 268 g/mol. The van der Waals surface area contributed by atoms with Crippen LogP contribution in [0.4, 0.5) is 0 Å². The molecule has 0 bridgehead atoms. The zero-order chi connectivity index (χ0) is 15.1. The van der Waals surface area contributed by atoms with Crippen LogP contribution in [0.3, 0.4) is 0 Å². The van der Waals surface area contributed by atoms with Gasteiger partial charge < -0.3 is 16.4 Å². The molecule has 1 aromatic heterocycles. The van der Waals surface area contributed by atoms with Gasteiger partial charge in [0, 0.05) is 37.4 Å². The van der Waals surface area contributed by atoms with Crippen LogP contribution in [-0.2, 0) is 4.79 Å². The number of aromatic nitrogens is 1. The number of hydrogen-bond donors (Lipinski definition) is 3. The number of nitrogens with one attached hydrogen (secondary N) is 2. The van der Waals surface area contributed by atoms with Gasteiger partial charge in [-0.05, 0) is 37.8 Å². The number of carbonyl (C=O) groups excluding carboxylic acids is 2. The summed E-state index contributed by atoms with van der Waals surface area (Å²) < 4.78 is 0. The molecule has 1 aliphatic rings. The molecule has 2 rings (SSSR count). The van der Waals surface area contributed by atoms with Crippen molar-refractivity contribution in [2.75, 3.05) is 6.54 Å². The highest BCUT2D eigenvalue weighted by Gasteiger charge is 2.23. The fourth-order valence-corrected chi connectivity index (χ4v) is 2.58. The van der Waals surface area contributed by atoms with Crippen LogP contribution in [0.5, 0.6) is 0 Å². The first-order valence-electron chi connectivity index (χ1n) is 7.39. The maximum absolute atomic E-state index is 12.0. The Bertz CT molecular complexity index is 470. The lowest BCUT2D eigenvalue weighted by Crippen LogP contribution is -2.44. The fraction of sp³-hybridized carbons (Fsp3) is 0.533. The average Bonchev–Trinajstić information content (AvgIpc) is 2.50. The number of carbonyl (C=O) groups is 2. The maximum atomic E-state index is 12.0. The summed E-state index contributed by atoms with van der Waals surface area (Å²) in [4.78, 5) is 27.5. The lowest BCUT2D eigenvalue weighted by Gasteiger charge is -2.29. The molecular formula is C15H22N4O2. The maximum Gasteiger partial charge on any atom is 0.253 e. The van der Waals surface area contributed by atoms with Crippen LogP contribution in [0.1, 0.15) is 42.5 Å². The van der Waals surface area contributed by atoms with Crippen molar-refractivity contribution in [3.8, 4) is 0 Å². The minimum Gasteiger partial charge on any atom is -0.353 e. The van der Waals surface area contributed by atoms with Crippen molar-refractivity contribution >= 4 is 11.8 Å². The molecule has 0 spiro atoms. The zero-order valence-corrected chi connectivity index (χ0v) is 12.0. The Labute approximate surface area is 124 Å². The summed E-state index contributed by atoms with van der Waals surface area (Å²) in [7, 11) is 0. The molecule has 0 unspecified atom stereocenters. The van der Waals surface area contributed by atoms with Gasteiger partial charge in [0.15, 0.2) is 0 Å². The van der Waals surface area contributed by atoms with E-state index in [1.54, 1.807) is 24.5 Å². The van der Waals surface area contributed by atoms with Gasteiger partial charge in [-0.25, -0.2) is 0 Å². The largest absolute Gasteiger partial charge is 0.353 e. The van der Waals surface area contributed by atoms with Gasteiger partial charge in [-0.1, -0.05) is 0 Å². The highest BCUT2D eigenvalue weighted by molar-refractivity contribution is 5.94. The van der Waals surface area contributed by atoms with E-state index in [4.69, 9.17) is 5.73 Å². The molecule has 6 nitrogen and oxygen atoms in total. The predicted molar refractivity (Wildman–Crippen MR) is 79.6 cm³/mol. The number of nitrogens with zero attached hydrogens (tertiary/aromatic N) is 1. The molecule has 0 aromatic carbocycles. The molecule has 114 valence electrons. The Morgan fingerprint density at radius 1 is 1.19 bits per heavy atom. The van der Waals surface area contributed by atoms with Crippen molar-refractivity contribution in [3.63, 3.8) is 0 Å². The summed E-state index contributed by atoms with van der Waals surface area (Å²) in [6.45, 7) is 0.377. The monoisotopic (exact) mass is 290 g/mol. The molecule has 0 saturated heterocycles. The summed E-state index contributed by atoms with van der Waals surface area (Å²) in [5.74, 6) is -0.0703. The van der Waals surface area contributed by atoms with E-state index in [9.17, 15) is 9.59 Å². The molecule has 21 heavy (non-hydrogen) atoms. The average molecular weight is 290 g/mol. The van der Waals surface area contributed by atoms with E-state index in [0.29, 0.717) is 18.5 Å². The normalized spacial score (nSPS) is 21.6. The zero-order valence-electron chi connectivity index (χ0n) is 12.0. The molecule has 1 heterocycles. The first kappa shape index (κ1) is 15.4. The van der Waals surface area contributed by atoms with E-state index in [-0.39, 0.29) is 23.9 Å². The van der Waals surface area contributed by atoms with Crippen molar-refractivity contribution in [1.29, 1.82) is 0 Å². The third-order valence-electron chi connectivity index (χ3n) is 3.72. The molecule has 1 aromatic rings. The second-order valence-electron chi connectivity index (χ2n) is 5.37. The number of amides is 2. The second-order valence-corrected chi connectivity index (χ2v) is 5.37. The summed E-state index contributed by atoms with van der Waals surface area (Å²) in [6.07, 6.45) is 7.10. The predicted octanol–water partition coefficient (Wildman–Crippen LogP) is 0.588. The van der Waals surface area contributed by atoms with Crippen LogP contribution in [0.2, 0.25) is 0 Å². The minimum atomic E-state index is -0.0845. The van der Waals surface area contributed by atoms with Gasteiger partial charge >= 0.3 is 0 Å². The van der Waals surface area contributed by atoms with E-state index in [1.807, 2.05) is 0 Å². The van der Waals surface area contributed by atoms with E-state index in [2.05, 4.69) is 15.6 Å². The summed E-state index contributed by atoms with van der Waals surface area (Å²) in [6, 6.07) is 3.87. The van der Waals surface area contributed by atoms with Gasteiger partial charge in [0.2, 0.25) is 5.91 Å². The molecule has 0 atom stereocenters. The Kier molecular flexibility index (Phi) is 5.68. The van der Waals surface area contributed by atoms with Crippen molar-refractivity contribution in [1.82, 2.24) is 15.6 Å². The molecule has 1 aliphatic carbocycles. The van der Waals surface area contributed by atoms with Gasteiger partial charge in [-0.2, -0.15) is 0 Å². The molecule has 6 heteroatoms. The molecule has 2 amide bonds. The summed E-state index contributed by atoms with van der Waals surface area (Å²) in [5, 5.41) is 6.01. The van der Waals surface area contributed by atoms with Crippen LogP contribution < -0.4 is 16.4 Å². The quantitative estimate of drug-likeness (QED) is 0.739. The van der Waals surface area contributed by atoms with Gasteiger partial charge in [-0.15, -0.1) is 0 Å². The van der Waals surface area contributed by atoms with Gasteiger partial charge in [0.05, 0.1) is 5.56 Å². The smallest absolute Gasteiger partial charge is 0.253 e. The number of pyridine rings is 1. The third kappa shape index (κ3) is 4.82. The third-order valence-corrected chi connectivity index (χ3v) is 3.72. The molecule has 1 fully saturated rings. The number of hydrogen-bond acceptors (Lipinski definition) is 4. The van der Waals surface area contributed by atoms with Crippen molar-refractivity contribution in [3.05, 3.63) is 30.1 Å². The van der Waals surface area contributed by atoms with Crippen molar-refractivity contribution in [2.45, 2.75) is 44.2 Å². The van der Waals surface area contributed by atoms with Crippen LogP contribution in [0.25, 0.3) is 0 Å². The van der Waals surface area contributed by atoms with Gasteiger partial charge in [0.1, 0.15) is 0 Å². The van der Waals surface area contributed by atoms with E-state index >= 15 is 0 Å². The van der Waals surface area contributed by atoms with Crippen LogP contribution in [0, 0.1) is 0 Å². The Morgan fingerprint density at radius 2 is 1.86 bits per heavy atom. The van der Waals surface area contributed by atoms with Gasteiger partial charge in [-0.3, -0.25) is 14.6 Å². The van der Waals surface area contributed by atoms with Crippen LogP contribution >= 0.6 is 0 Å². The number of nitrogens with two attached hydrogens (primary N) is 1. The Hall–Kier alpha value is -1.95. The standard InChI is InChI=1S/C15H22N4O2/c16-8-7-14(20)18-12-3-5-13(6-4-12)19-15(21)11-2-1-9-17-10-11/h1-2,9-10,12-13H,3-8,16H2,(H,18,20)(H,19,21). The second kappa shape index (κ2) is 7.73. The molecule has 0 radical (unpaired) electrons. The molecule has 4 N–H and O–H groups in total. The van der Waals surface area contributed by atoms with Gasteiger partial charge in [0.25, 0.3) is 5.91 Å². The van der Waals surface area contributed by atoms with E-state index in [1.165, 1.54) is 0 Å². The highest BCUT2D eigenvalue weighted by atomic mass is 16.2. The van der Waals surface area contributed by atoms with Crippen LogP contribution in [-0.4, -0.2) is 35.4 Å². The van der Waals surface area contributed by atoms with Crippen molar-refractivity contribution < 1.29 is 9.59 Å². The molecule has 0 aliphatic heterocycles. The fourth-order valence-electron chi connectivity index (χ4n) is 2.58. The van der Waals surface area contributed by atoms with Crippen molar-refractivity contribution in [2.24, 2.45) is 5.73 Å². The SMILES string of the molecule is NCCC(=O)NC1CCC(NC(=O)c2cccnc2)CC1. The summed E-state index contributed by atoms with van der Waals surface area (Å²) >= 11 is 0. The minimum absolute atomic E-state index is 0.0142. The summed E-state index contributed by atoms with van der Waals surface area (Å²) in [5.41, 5.74) is 5.93. The topological polar surface area (TPSA) is 97.1 Å². The van der Waals surface area contributed by atoms with E-state index < -0.39 is 0 Å². The van der Waals surface area contributed by atoms with Crippen LogP contribution in [0.15, 0.2) is 24.5 Å². The molecule has 1 saturated carbocycles. The first-order chi connectivity index (χ1) is 10.2.